The standard InChI is InChI=1S/C15H26N2O3S/c1-4-8-16-11-14-10-15(12(3)20-14)21(18,19)17-9-6-7-13(17)5-2/h10,13,16H,4-9,11H2,1-3H3. The summed E-state index contributed by atoms with van der Waals surface area (Å²) < 4.78 is 32.9. The molecule has 1 unspecified atom stereocenters. The number of hydrogen-bond donors (Lipinski definition) is 1. The third-order valence-corrected chi connectivity index (χ3v) is 6.09. The Morgan fingerprint density at radius 3 is 2.86 bits per heavy atom. The number of nitrogens with one attached hydrogen (secondary N) is 1. The number of furan rings is 1. The molecule has 21 heavy (non-hydrogen) atoms. The highest BCUT2D eigenvalue weighted by molar-refractivity contribution is 7.89. The molecular weight excluding hydrogens is 288 g/mol. The van der Waals surface area contributed by atoms with Crippen molar-refractivity contribution in [2.75, 3.05) is 13.1 Å². The van der Waals surface area contributed by atoms with E-state index in [-0.39, 0.29) is 6.04 Å². The van der Waals surface area contributed by atoms with Gasteiger partial charge in [-0.25, -0.2) is 8.42 Å². The van der Waals surface area contributed by atoms with Crippen molar-refractivity contribution >= 4 is 10.0 Å². The molecule has 1 atom stereocenters. The molecule has 1 fully saturated rings. The zero-order chi connectivity index (χ0) is 15.5. The molecular formula is C15H26N2O3S. The maximum Gasteiger partial charge on any atom is 0.246 e. The largest absolute Gasteiger partial charge is 0.464 e. The summed E-state index contributed by atoms with van der Waals surface area (Å²) in [5.74, 6) is 1.18. The van der Waals surface area contributed by atoms with E-state index < -0.39 is 10.0 Å². The third kappa shape index (κ3) is 3.49. The molecule has 0 spiro atoms. The van der Waals surface area contributed by atoms with E-state index in [1.54, 1.807) is 17.3 Å². The second kappa shape index (κ2) is 6.94. The second-order valence-electron chi connectivity index (χ2n) is 5.63. The van der Waals surface area contributed by atoms with Gasteiger partial charge in [-0.2, -0.15) is 4.31 Å². The molecule has 1 aromatic heterocycles. The van der Waals surface area contributed by atoms with Crippen LogP contribution in [-0.2, 0) is 16.6 Å². The van der Waals surface area contributed by atoms with Gasteiger partial charge in [0.2, 0.25) is 10.0 Å². The Morgan fingerprint density at radius 1 is 1.43 bits per heavy atom. The highest BCUT2D eigenvalue weighted by Gasteiger charge is 2.36. The van der Waals surface area contributed by atoms with E-state index >= 15 is 0 Å². The Hall–Kier alpha value is -0.850. The average Bonchev–Trinajstić information content (AvgIpc) is 3.06. The quantitative estimate of drug-likeness (QED) is 0.786. The molecule has 0 saturated carbocycles. The molecule has 1 saturated heterocycles. The van der Waals surface area contributed by atoms with Crippen molar-refractivity contribution in [2.24, 2.45) is 0 Å². The van der Waals surface area contributed by atoms with Gasteiger partial charge in [-0.05, 0) is 39.2 Å². The van der Waals surface area contributed by atoms with Gasteiger partial charge in [-0.15, -0.1) is 0 Å². The Morgan fingerprint density at radius 2 is 2.19 bits per heavy atom. The molecule has 5 nitrogen and oxygen atoms in total. The van der Waals surface area contributed by atoms with Gasteiger partial charge in [0.05, 0.1) is 6.54 Å². The lowest BCUT2D eigenvalue weighted by Gasteiger charge is -2.22. The number of hydrogen-bond acceptors (Lipinski definition) is 4. The maximum atomic E-state index is 12.8. The van der Waals surface area contributed by atoms with Gasteiger partial charge in [-0.3, -0.25) is 0 Å². The summed E-state index contributed by atoms with van der Waals surface area (Å²) in [7, 11) is -3.43. The van der Waals surface area contributed by atoms with Crippen molar-refractivity contribution in [3.05, 3.63) is 17.6 Å². The lowest BCUT2D eigenvalue weighted by atomic mass is 10.2. The van der Waals surface area contributed by atoms with E-state index in [2.05, 4.69) is 12.2 Å². The van der Waals surface area contributed by atoms with Crippen LogP contribution in [0.2, 0.25) is 0 Å². The fourth-order valence-electron chi connectivity index (χ4n) is 2.92. The van der Waals surface area contributed by atoms with Crippen molar-refractivity contribution < 1.29 is 12.8 Å². The highest BCUT2D eigenvalue weighted by Crippen LogP contribution is 2.30. The molecule has 1 aliphatic heterocycles. The zero-order valence-corrected chi connectivity index (χ0v) is 14.0. The van der Waals surface area contributed by atoms with E-state index in [1.165, 1.54) is 0 Å². The van der Waals surface area contributed by atoms with Crippen LogP contribution < -0.4 is 5.32 Å². The first-order chi connectivity index (χ1) is 10.0. The Kier molecular flexibility index (Phi) is 5.46. The van der Waals surface area contributed by atoms with E-state index in [1.807, 2.05) is 6.92 Å². The minimum Gasteiger partial charge on any atom is -0.464 e. The molecule has 120 valence electrons. The number of aryl methyl sites for hydroxylation is 1. The lowest BCUT2D eigenvalue weighted by molar-refractivity contribution is 0.378. The van der Waals surface area contributed by atoms with Crippen LogP contribution in [0.4, 0.5) is 0 Å². The molecule has 0 aromatic carbocycles. The van der Waals surface area contributed by atoms with E-state index in [9.17, 15) is 8.42 Å². The summed E-state index contributed by atoms with van der Waals surface area (Å²) in [5.41, 5.74) is 0. The summed E-state index contributed by atoms with van der Waals surface area (Å²) in [6.07, 6.45) is 3.80. The van der Waals surface area contributed by atoms with Crippen LogP contribution in [0.1, 0.15) is 51.1 Å². The maximum absolute atomic E-state index is 12.8. The van der Waals surface area contributed by atoms with Crippen LogP contribution in [-0.4, -0.2) is 31.9 Å². The first kappa shape index (κ1) is 16.5. The van der Waals surface area contributed by atoms with E-state index in [0.717, 1.165) is 32.2 Å². The fraction of sp³-hybridized carbons (Fsp3) is 0.733. The first-order valence-corrected chi connectivity index (χ1v) is 9.26. The van der Waals surface area contributed by atoms with E-state index in [4.69, 9.17) is 4.42 Å². The third-order valence-electron chi connectivity index (χ3n) is 4.03. The normalized spacial score (nSPS) is 20.2. The van der Waals surface area contributed by atoms with Crippen LogP contribution in [0.15, 0.2) is 15.4 Å². The van der Waals surface area contributed by atoms with Crippen LogP contribution >= 0.6 is 0 Å². The molecule has 0 bridgehead atoms. The van der Waals surface area contributed by atoms with Crippen LogP contribution in [0.5, 0.6) is 0 Å². The van der Waals surface area contributed by atoms with Crippen LogP contribution in [0, 0.1) is 6.92 Å². The molecule has 2 rings (SSSR count). The molecule has 1 aliphatic rings. The second-order valence-corrected chi connectivity index (χ2v) is 7.49. The van der Waals surface area contributed by atoms with Crippen LogP contribution in [0.25, 0.3) is 0 Å². The highest BCUT2D eigenvalue weighted by atomic mass is 32.2. The predicted molar refractivity (Wildman–Crippen MR) is 82.6 cm³/mol. The van der Waals surface area contributed by atoms with Gasteiger partial charge >= 0.3 is 0 Å². The molecule has 0 aliphatic carbocycles. The summed E-state index contributed by atoms with van der Waals surface area (Å²) in [6.45, 7) is 7.95. The molecule has 0 amide bonds. The topological polar surface area (TPSA) is 62.6 Å². The van der Waals surface area contributed by atoms with Gasteiger partial charge in [0.15, 0.2) is 0 Å². The van der Waals surface area contributed by atoms with Gasteiger partial charge in [0.25, 0.3) is 0 Å². The number of rotatable bonds is 7. The van der Waals surface area contributed by atoms with Crippen molar-refractivity contribution in [2.45, 2.75) is 63.9 Å². The van der Waals surface area contributed by atoms with Crippen molar-refractivity contribution in [3.8, 4) is 0 Å². The Balaban J connectivity index is 2.20. The molecule has 6 heteroatoms. The van der Waals surface area contributed by atoms with Crippen molar-refractivity contribution in [1.29, 1.82) is 0 Å². The number of sulfonamides is 1. The van der Waals surface area contributed by atoms with Gasteiger partial charge in [0.1, 0.15) is 16.4 Å². The first-order valence-electron chi connectivity index (χ1n) is 7.82. The Bertz CT molecular complexity index is 565. The smallest absolute Gasteiger partial charge is 0.246 e. The predicted octanol–water partition coefficient (Wildman–Crippen LogP) is 2.65. The molecule has 0 radical (unpaired) electrons. The molecule has 1 N–H and O–H groups in total. The molecule has 2 heterocycles. The average molecular weight is 314 g/mol. The van der Waals surface area contributed by atoms with Gasteiger partial charge in [0, 0.05) is 18.7 Å². The minimum atomic E-state index is -3.43. The number of nitrogens with zero attached hydrogens (tertiary/aromatic N) is 1. The molecule has 1 aromatic rings. The minimum absolute atomic E-state index is 0.131. The summed E-state index contributed by atoms with van der Waals surface area (Å²) in [6, 6.07) is 1.81. The van der Waals surface area contributed by atoms with Gasteiger partial charge in [-0.1, -0.05) is 13.8 Å². The van der Waals surface area contributed by atoms with E-state index in [0.29, 0.717) is 29.5 Å². The zero-order valence-electron chi connectivity index (χ0n) is 13.2. The summed E-state index contributed by atoms with van der Waals surface area (Å²) in [5, 5.41) is 3.23. The van der Waals surface area contributed by atoms with Crippen molar-refractivity contribution in [1.82, 2.24) is 9.62 Å². The SMILES string of the molecule is CCCNCc1cc(S(=O)(=O)N2CCCC2CC)c(C)o1. The van der Waals surface area contributed by atoms with Crippen molar-refractivity contribution in [3.63, 3.8) is 0 Å². The Labute approximate surface area is 127 Å². The lowest BCUT2D eigenvalue weighted by Crippen LogP contribution is -2.35. The summed E-state index contributed by atoms with van der Waals surface area (Å²) in [4.78, 5) is 0.330. The van der Waals surface area contributed by atoms with Crippen LogP contribution in [0.3, 0.4) is 0 Å². The monoisotopic (exact) mass is 314 g/mol. The van der Waals surface area contributed by atoms with Gasteiger partial charge < -0.3 is 9.73 Å². The fourth-order valence-corrected chi connectivity index (χ4v) is 4.87. The summed E-state index contributed by atoms with van der Waals surface area (Å²) >= 11 is 0.